The molecule has 0 saturated carbocycles. The van der Waals surface area contributed by atoms with E-state index in [9.17, 15) is 4.79 Å². The fraction of sp³-hybridized carbons (Fsp3) is 0.423. The Morgan fingerprint density at radius 1 is 1.12 bits per heavy atom. The lowest BCUT2D eigenvalue weighted by Gasteiger charge is -2.33. The number of nitrogens with zero attached hydrogens (tertiary/aromatic N) is 3. The van der Waals surface area contributed by atoms with Crippen LogP contribution in [0.1, 0.15) is 29.3 Å². The molecule has 5 rings (SSSR count). The van der Waals surface area contributed by atoms with Crippen LogP contribution in [0, 0.1) is 0 Å². The van der Waals surface area contributed by atoms with Gasteiger partial charge in [0, 0.05) is 60.9 Å². The van der Waals surface area contributed by atoms with Crippen molar-refractivity contribution in [3.63, 3.8) is 0 Å². The van der Waals surface area contributed by atoms with Crippen molar-refractivity contribution in [2.45, 2.75) is 18.9 Å². The first kappa shape index (κ1) is 22.3. The van der Waals surface area contributed by atoms with E-state index in [1.165, 1.54) is 5.56 Å². The predicted molar refractivity (Wildman–Crippen MR) is 132 cm³/mol. The number of hydrogen-bond donors (Lipinski definition) is 1. The summed E-state index contributed by atoms with van der Waals surface area (Å²) in [6.45, 7) is 6.97. The lowest BCUT2D eigenvalue weighted by Crippen LogP contribution is -2.44. The third-order valence-electron chi connectivity index (χ3n) is 6.92. The molecule has 174 valence electrons. The number of halogens is 1. The predicted octanol–water partition coefficient (Wildman–Crippen LogP) is 3.94. The first-order valence-electron chi connectivity index (χ1n) is 11.8. The zero-order valence-electron chi connectivity index (χ0n) is 19.1. The summed E-state index contributed by atoms with van der Waals surface area (Å²) in [6.07, 6.45) is 2.77. The number of ether oxygens (including phenoxy) is 1. The van der Waals surface area contributed by atoms with Crippen LogP contribution in [0.3, 0.4) is 0 Å². The zero-order valence-corrected chi connectivity index (χ0v) is 19.9. The summed E-state index contributed by atoms with van der Waals surface area (Å²) in [5, 5.41) is 1.87. The SMILES string of the molecule is CN1CCN(CCCOc2cccc(C3c4[nH]c5ccc(Cl)cc5c4CCN3C=O)c2)CC1. The van der Waals surface area contributed by atoms with Gasteiger partial charge in [-0.25, -0.2) is 0 Å². The standard InChI is InChI=1S/C26H31ClN4O2/c1-29-11-13-30(14-12-29)9-3-15-33-21-5-2-4-19(16-21)26-25-22(8-10-31(26)18-32)23-17-20(27)6-7-24(23)28-25/h2,4-7,16-18,26,28H,3,8-15H2,1H3. The minimum atomic E-state index is -0.161. The highest BCUT2D eigenvalue weighted by Crippen LogP contribution is 2.39. The number of likely N-dealkylation sites (N-methyl/N-ethyl adjacent to an activating group) is 1. The maximum absolute atomic E-state index is 11.9. The van der Waals surface area contributed by atoms with Gasteiger partial charge < -0.3 is 24.4 Å². The molecule has 2 aromatic carbocycles. The second-order valence-corrected chi connectivity index (χ2v) is 9.56. The van der Waals surface area contributed by atoms with Crippen molar-refractivity contribution in [3.05, 3.63) is 64.3 Å². The van der Waals surface area contributed by atoms with Gasteiger partial charge >= 0.3 is 0 Å². The number of nitrogens with one attached hydrogen (secondary N) is 1. The molecule has 1 saturated heterocycles. The molecule has 0 spiro atoms. The van der Waals surface area contributed by atoms with Gasteiger partial charge in [0.05, 0.1) is 12.6 Å². The Morgan fingerprint density at radius 3 is 2.79 bits per heavy atom. The molecule has 1 aromatic heterocycles. The second-order valence-electron chi connectivity index (χ2n) is 9.12. The van der Waals surface area contributed by atoms with Crippen LogP contribution in [0.5, 0.6) is 5.75 Å². The largest absolute Gasteiger partial charge is 0.494 e. The number of aromatic amines is 1. The first-order chi connectivity index (χ1) is 16.1. The van der Waals surface area contributed by atoms with Crippen LogP contribution in [-0.2, 0) is 11.2 Å². The van der Waals surface area contributed by atoms with E-state index >= 15 is 0 Å². The average Bonchev–Trinajstić information content (AvgIpc) is 3.20. The quantitative estimate of drug-likeness (QED) is 0.423. The number of rotatable bonds is 7. The minimum Gasteiger partial charge on any atom is -0.494 e. The van der Waals surface area contributed by atoms with Crippen LogP contribution in [0.25, 0.3) is 10.9 Å². The van der Waals surface area contributed by atoms with Crippen LogP contribution in [0.2, 0.25) is 5.02 Å². The van der Waals surface area contributed by atoms with Crippen molar-refractivity contribution in [1.82, 2.24) is 19.7 Å². The zero-order chi connectivity index (χ0) is 22.8. The summed E-state index contributed by atoms with van der Waals surface area (Å²) >= 11 is 6.26. The van der Waals surface area contributed by atoms with Crippen LogP contribution >= 0.6 is 11.6 Å². The van der Waals surface area contributed by atoms with Gasteiger partial charge in [0.1, 0.15) is 5.75 Å². The highest BCUT2D eigenvalue weighted by molar-refractivity contribution is 6.31. The molecule has 3 aromatic rings. The van der Waals surface area contributed by atoms with Crippen LogP contribution in [0.15, 0.2) is 42.5 Å². The number of benzene rings is 2. The number of hydrogen-bond acceptors (Lipinski definition) is 4. The molecular weight excluding hydrogens is 436 g/mol. The molecule has 2 aliphatic rings. The molecule has 3 heterocycles. The van der Waals surface area contributed by atoms with E-state index in [0.29, 0.717) is 13.2 Å². The third-order valence-corrected chi connectivity index (χ3v) is 7.15. The number of carbonyl (C=O) groups excluding carboxylic acids is 1. The highest BCUT2D eigenvalue weighted by atomic mass is 35.5. The maximum atomic E-state index is 11.9. The first-order valence-corrected chi connectivity index (χ1v) is 12.1. The summed E-state index contributed by atoms with van der Waals surface area (Å²) in [7, 11) is 2.18. The number of carbonyl (C=O) groups is 1. The summed E-state index contributed by atoms with van der Waals surface area (Å²) in [4.78, 5) is 22.2. The normalized spacial score (nSPS) is 19.6. The molecule has 0 radical (unpaired) electrons. The van der Waals surface area contributed by atoms with E-state index < -0.39 is 0 Å². The van der Waals surface area contributed by atoms with E-state index in [0.717, 1.165) is 84.9 Å². The fourth-order valence-corrected chi connectivity index (χ4v) is 5.25. The highest BCUT2D eigenvalue weighted by Gasteiger charge is 2.31. The molecule has 1 atom stereocenters. The minimum absolute atomic E-state index is 0.161. The molecule has 1 amide bonds. The number of aromatic nitrogens is 1. The van der Waals surface area contributed by atoms with E-state index in [1.807, 2.05) is 35.2 Å². The van der Waals surface area contributed by atoms with E-state index in [2.05, 4.69) is 34.0 Å². The summed E-state index contributed by atoms with van der Waals surface area (Å²) < 4.78 is 6.11. The lowest BCUT2D eigenvalue weighted by molar-refractivity contribution is -0.120. The van der Waals surface area contributed by atoms with Crippen LogP contribution < -0.4 is 4.74 Å². The fourth-order valence-electron chi connectivity index (χ4n) is 5.08. The van der Waals surface area contributed by atoms with Crippen molar-refractivity contribution in [3.8, 4) is 5.75 Å². The molecule has 7 heteroatoms. The van der Waals surface area contributed by atoms with Crippen molar-refractivity contribution in [2.24, 2.45) is 0 Å². The number of fused-ring (bicyclic) bond motifs is 3. The van der Waals surface area contributed by atoms with Crippen molar-refractivity contribution < 1.29 is 9.53 Å². The van der Waals surface area contributed by atoms with Gasteiger partial charge in [-0.3, -0.25) is 4.79 Å². The molecule has 1 fully saturated rings. The number of amides is 1. The number of piperazine rings is 1. The van der Waals surface area contributed by atoms with Gasteiger partial charge in [-0.2, -0.15) is 0 Å². The lowest BCUT2D eigenvalue weighted by atomic mass is 9.93. The van der Waals surface area contributed by atoms with E-state index in [4.69, 9.17) is 16.3 Å². The molecule has 1 N–H and O–H groups in total. The molecule has 0 bridgehead atoms. The van der Waals surface area contributed by atoms with Gasteiger partial charge in [0.25, 0.3) is 0 Å². The van der Waals surface area contributed by atoms with Gasteiger partial charge in [-0.1, -0.05) is 23.7 Å². The average molecular weight is 467 g/mol. The Balaban J connectivity index is 1.31. The molecular formula is C26H31ClN4O2. The summed E-state index contributed by atoms with van der Waals surface area (Å²) in [5.41, 5.74) is 4.42. The summed E-state index contributed by atoms with van der Waals surface area (Å²) in [6, 6.07) is 13.9. The van der Waals surface area contributed by atoms with Gasteiger partial charge in [-0.05, 0) is 61.3 Å². The number of H-pyrrole nitrogens is 1. The Bertz CT molecular complexity index is 1120. The van der Waals surface area contributed by atoms with Gasteiger partial charge in [0.15, 0.2) is 0 Å². The second kappa shape index (κ2) is 9.75. The molecule has 6 nitrogen and oxygen atoms in total. The van der Waals surface area contributed by atoms with Crippen LogP contribution in [-0.4, -0.2) is 79.0 Å². The topological polar surface area (TPSA) is 51.8 Å². The Labute approximate surface area is 200 Å². The van der Waals surface area contributed by atoms with Crippen molar-refractivity contribution in [2.75, 3.05) is 52.9 Å². The molecule has 0 aliphatic carbocycles. The molecule has 1 unspecified atom stereocenters. The van der Waals surface area contributed by atoms with E-state index in [1.54, 1.807) is 0 Å². The Hall–Kier alpha value is -2.54. The van der Waals surface area contributed by atoms with Gasteiger partial charge in [0.2, 0.25) is 6.41 Å². The van der Waals surface area contributed by atoms with E-state index in [-0.39, 0.29) is 6.04 Å². The van der Waals surface area contributed by atoms with Gasteiger partial charge in [-0.15, -0.1) is 0 Å². The maximum Gasteiger partial charge on any atom is 0.210 e. The van der Waals surface area contributed by atoms with Crippen LogP contribution in [0.4, 0.5) is 0 Å². The Kier molecular flexibility index (Phi) is 6.58. The smallest absolute Gasteiger partial charge is 0.210 e. The summed E-state index contributed by atoms with van der Waals surface area (Å²) in [5.74, 6) is 0.850. The molecule has 2 aliphatic heterocycles. The monoisotopic (exact) mass is 466 g/mol. The third kappa shape index (κ3) is 4.74. The Morgan fingerprint density at radius 2 is 1.97 bits per heavy atom. The molecule has 33 heavy (non-hydrogen) atoms. The van der Waals surface area contributed by atoms with Crippen molar-refractivity contribution in [1.29, 1.82) is 0 Å². The van der Waals surface area contributed by atoms with Crippen molar-refractivity contribution >= 4 is 28.9 Å².